The van der Waals surface area contributed by atoms with Crippen LogP contribution in [0.25, 0.3) is 5.57 Å². The van der Waals surface area contributed by atoms with Gasteiger partial charge in [0.25, 0.3) is 0 Å². The van der Waals surface area contributed by atoms with Crippen molar-refractivity contribution >= 4 is 11.7 Å². The van der Waals surface area contributed by atoms with Crippen LogP contribution >= 0.6 is 0 Å². The van der Waals surface area contributed by atoms with Crippen LogP contribution < -0.4 is 9.47 Å². The molecule has 1 atom stereocenters. The minimum absolute atomic E-state index is 0.238. The topological polar surface area (TPSA) is 82.8 Å². The lowest BCUT2D eigenvalue weighted by Crippen LogP contribution is -2.51. The van der Waals surface area contributed by atoms with E-state index in [0.29, 0.717) is 24.3 Å². The molecule has 1 unspecified atom stereocenters. The molecule has 1 aliphatic rings. The van der Waals surface area contributed by atoms with Crippen molar-refractivity contribution in [3.63, 3.8) is 0 Å². The predicted molar refractivity (Wildman–Crippen MR) is 119 cm³/mol. The molecule has 0 bridgehead atoms. The summed E-state index contributed by atoms with van der Waals surface area (Å²) >= 11 is 0. The van der Waals surface area contributed by atoms with Gasteiger partial charge < -0.3 is 19.5 Å². The van der Waals surface area contributed by atoms with Gasteiger partial charge in [0.1, 0.15) is 18.1 Å². The van der Waals surface area contributed by atoms with E-state index < -0.39 is 6.09 Å². The summed E-state index contributed by atoms with van der Waals surface area (Å²) in [4.78, 5) is 13.6. The summed E-state index contributed by atoms with van der Waals surface area (Å²) in [5.74, 6) is 1.35. The summed E-state index contributed by atoms with van der Waals surface area (Å²) < 4.78 is 11.4. The van der Waals surface area contributed by atoms with Crippen molar-refractivity contribution in [2.24, 2.45) is 5.41 Å². The molecule has 0 fully saturated rings. The van der Waals surface area contributed by atoms with E-state index in [-0.39, 0.29) is 18.1 Å². The van der Waals surface area contributed by atoms with Gasteiger partial charge >= 0.3 is 6.09 Å². The van der Waals surface area contributed by atoms with Crippen molar-refractivity contribution < 1.29 is 19.4 Å². The van der Waals surface area contributed by atoms with Crippen molar-refractivity contribution in [2.75, 3.05) is 20.3 Å². The van der Waals surface area contributed by atoms with E-state index in [1.807, 2.05) is 45.0 Å². The maximum atomic E-state index is 12.1. The first-order chi connectivity index (χ1) is 14.7. The summed E-state index contributed by atoms with van der Waals surface area (Å²) in [6.07, 6.45) is -0.333. The molecular weight excluding hydrogens is 392 g/mol. The molecule has 2 aromatic carbocycles. The Bertz CT molecular complexity index is 1010. The molecule has 0 saturated heterocycles. The third-order valence-electron chi connectivity index (χ3n) is 5.49. The number of benzene rings is 2. The number of hydrogen-bond acceptors (Lipinski definition) is 4. The zero-order chi connectivity index (χ0) is 22.6. The lowest BCUT2D eigenvalue weighted by molar-refractivity contribution is 0.0900. The number of amides is 1. The normalized spacial score (nSPS) is 16.6. The van der Waals surface area contributed by atoms with Crippen LogP contribution in [0, 0.1) is 16.7 Å². The van der Waals surface area contributed by atoms with Crippen molar-refractivity contribution in [2.45, 2.75) is 33.2 Å². The van der Waals surface area contributed by atoms with Gasteiger partial charge in [0, 0.05) is 6.54 Å². The molecule has 1 heterocycles. The highest BCUT2D eigenvalue weighted by Crippen LogP contribution is 2.40. The molecule has 3 rings (SSSR count). The van der Waals surface area contributed by atoms with Crippen molar-refractivity contribution in [3.05, 3.63) is 65.2 Å². The standard InChI is InChI=1S/C25H28N2O4/c1-25(2,3)23-22(16-31-20-7-5-6-17(14-20)15-26)21(12-13-27(23)24(28)29)18-8-10-19(30-4)11-9-18/h5-11,14,23H,12-13,16H2,1-4H3,(H,28,29). The summed E-state index contributed by atoms with van der Waals surface area (Å²) in [6.45, 7) is 6.79. The van der Waals surface area contributed by atoms with Gasteiger partial charge in [0.05, 0.1) is 24.8 Å². The molecule has 31 heavy (non-hydrogen) atoms. The SMILES string of the molecule is COc1ccc(C2=C(COc3cccc(C#N)c3)C(C(C)(C)C)N(C(=O)O)CC2)cc1. The van der Waals surface area contributed by atoms with Crippen LogP contribution in [-0.4, -0.2) is 42.4 Å². The molecule has 0 aliphatic carbocycles. The monoisotopic (exact) mass is 420 g/mol. The fourth-order valence-corrected chi connectivity index (χ4v) is 4.18. The third kappa shape index (κ3) is 5.00. The number of carbonyl (C=O) groups is 1. The Labute approximate surface area is 183 Å². The summed E-state index contributed by atoms with van der Waals surface area (Å²) in [5, 5.41) is 19.0. The first kappa shape index (κ1) is 22.2. The van der Waals surface area contributed by atoms with Crippen LogP contribution in [0.3, 0.4) is 0 Å². The Hall–Kier alpha value is -3.46. The fraction of sp³-hybridized carbons (Fsp3) is 0.360. The van der Waals surface area contributed by atoms with Crippen LogP contribution in [0.5, 0.6) is 11.5 Å². The molecule has 1 N–H and O–H groups in total. The van der Waals surface area contributed by atoms with Crippen LogP contribution in [0.4, 0.5) is 4.79 Å². The number of ether oxygens (including phenoxy) is 2. The molecule has 0 spiro atoms. The largest absolute Gasteiger partial charge is 0.497 e. The highest BCUT2D eigenvalue weighted by atomic mass is 16.5. The van der Waals surface area contributed by atoms with Crippen molar-refractivity contribution in [1.82, 2.24) is 4.90 Å². The number of nitrogens with zero attached hydrogens (tertiary/aromatic N) is 2. The number of hydrogen-bond donors (Lipinski definition) is 1. The van der Waals surface area contributed by atoms with Gasteiger partial charge in [-0.3, -0.25) is 0 Å². The van der Waals surface area contributed by atoms with Crippen LogP contribution in [0.2, 0.25) is 0 Å². The van der Waals surface area contributed by atoms with E-state index in [9.17, 15) is 9.90 Å². The molecule has 1 amide bonds. The van der Waals surface area contributed by atoms with Crippen LogP contribution in [-0.2, 0) is 0 Å². The Balaban J connectivity index is 2.06. The zero-order valence-electron chi connectivity index (χ0n) is 18.4. The summed E-state index contributed by atoms with van der Waals surface area (Å²) in [5.41, 5.74) is 3.25. The summed E-state index contributed by atoms with van der Waals surface area (Å²) in [6, 6.07) is 16.6. The first-order valence-electron chi connectivity index (χ1n) is 10.2. The average Bonchev–Trinajstić information content (AvgIpc) is 2.76. The van der Waals surface area contributed by atoms with Gasteiger partial charge in [0.2, 0.25) is 0 Å². The Morgan fingerprint density at radius 1 is 1.19 bits per heavy atom. The molecule has 162 valence electrons. The van der Waals surface area contributed by atoms with Gasteiger partial charge in [-0.2, -0.15) is 5.26 Å². The first-order valence-corrected chi connectivity index (χ1v) is 10.2. The molecule has 2 aromatic rings. The zero-order valence-corrected chi connectivity index (χ0v) is 18.4. The van der Waals surface area contributed by atoms with E-state index in [0.717, 1.165) is 22.5 Å². The third-order valence-corrected chi connectivity index (χ3v) is 5.49. The molecular formula is C25H28N2O4. The average molecular weight is 421 g/mol. The number of carboxylic acid groups (broad SMARTS) is 1. The van der Waals surface area contributed by atoms with Crippen LogP contribution in [0.1, 0.15) is 38.3 Å². The second-order valence-corrected chi connectivity index (χ2v) is 8.66. The minimum atomic E-state index is -0.933. The number of rotatable bonds is 5. The molecule has 0 saturated carbocycles. The lowest BCUT2D eigenvalue weighted by Gasteiger charge is -2.44. The van der Waals surface area contributed by atoms with E-state index in [1.54, 1.807) is 31.4 Å². The van der Waals surface area contributed by atoms with Gasteiger partial charge in [-0.05, 0) is 58.9 Å². The van der Waals surface area contributed by atoms with Gasteiger partial charge in [-0.15, -0.1) is 0 Å². The molecule has 0 radical (unpaired) electrons. The maximum absolute atomic E-state index is 12.1. The van der Waals surface area contributed by atoms with Crippen LogP contribution in [0.15, 0.2) is 54.1 Å². The second-order valence-electron chi connectivity index (χ2n) is 8.66. The van der Waals surface area contributed by atoms with E-state index in [2.05, 4.69) is 6.07 Å². The predicted octanol–water partition coefficient (Wildman–Crippen LogP) is 5.20. The molecule has 6 heteroatoms. The van der Waals surface area contributed by atoms with E-state index in [1.165, 1.54) is 4.90 Å². The number of nitriles is 1. The maximum Gasteiger partial charge on any atom is 0.407 e. The fourth-order valence-electron chi connectivity index (χ4n) is 4.18. The van der Waals surface area contributed by atoms with E-state index in [4.69, 9.17) is 14.7 Å². The Kier molecular flexibility index (Phi) is 6.55. The summed E-state index contributed by atoms with van der Waals surface area (Å²) in [7, 11) is 1.63. The van der Waals surface area contributed by atoms with Crippen molar-refractivity contribution in [3.8, 4) is 17.6 Å². The highest BCUT2D eigenvalue weighted by molar-refractivity contribution is 5.75. The van der Waals surface area contributed by atoms with Crippen molar-refractivity contribution in [1.29, 1.82) is 5.26 Å². The second kappa shape index (κ2) is 9.13. The van der Waals surface area contributed by atoms with Gasteiger partial charge in [-0.25, -0.2) is 4.79 Å². The Morgan fingerprint density at radius 2 is 1.90 bits per heavy atom. The quantitative estimate of drug-likeness (QED) is 0.719. The van der Waals surface area contributed by atoms with E-state index >= 15 is 0 Å². The molecule has 1 aliphatic heterocycles. The molecule has 6 nitrogen and oxygen atoms in total. The lowest BCUT2D eigenvalue weighted by atomic mass is 9.76. The van der Waals surface area contributed by atoms with Gasteiger partial charge in [0.15, 0.2) is 0 Å². The Morgan fingerprint density at radius 3 is 2.48 bits per heavy atom. The van der Waals surface area contributed by atoms with Gasteiger partial charge in [-0.1, -0.05) is 39.0 Å². The highest BCUT2D eigenvalue weighted by Gasteiger charge is 2.40. The number of methoxy groups -OCH3 is 1. The minimum Gasteiger partial charge on any atom is -0.497 e. The molecule has 0 aromatic heterocycles. The smallest absolute Gasteiger partial charge is 0.407 e.